The van der Waals surface area contributed by atoms with Gasteiger partial charge in [0.15, 0.2) is 0 Å². The van der Waals surface area contributed by atoms with E-state index in [2.05, 4.69) is 24.5 Å². The van der Waals surface area contributed by atoms with E-state index >= 15 is 0 Å². The summed E-state index contributed by atoms with van der Waals surface area (Å²) < 4.78 is 5.41. The first-order valence-corrected chi connectivity index (χ1v) is 9.07. The Morgan fingerprint density at radius 2 is 1.83 bits per heavy atom. The monoisotopic (exact) mass is 326 g/mol. The van der Waals surface area contributed by atoms with Crippen LogP contribution in [0.25, 0.3) is 0 Å². The quantitative estimate of drug-likeness (QED) is 0.640. The van der Waals surface area contributed by atoms with Crippen LogP contribution in [0.3, 0.4) is 0 Å². The molecule has 0 bridgehead atoms. The summed E-state index contributed by atoms with van der Waals surface area (Å²) in [5, 5.41) is 5.94. The number of carbonyl (C=O) groups is 2. The predicted molar refractivity (Wildman–Crippen MR) is 92.1 cm³/mol. The summed E-state index contributed by atoms with van der Waals surface area (Å²) in [5.41, 5.74) is 0. The maximum absolute atomic E-state index is 12.0. The first-order chi connectivity index (χ1) is 10.9. The van der Waals surface area contributed by atoms with Crippen LogP contribution in [0, 0.1) is 11.8 Å². The lowest BCUT2D eigenvalue weighted by atomic mass is 9.78. The predicted octanol–water partition coefficient (Wildman–Crippen LogP) is 2.64. The Balaban J connectivity index is 2.11. The average Bonchev–Trinajstić information content (AvgIpc) is 2.49. The lowest BCUT2D eigenvalue weighted by Crippen LogP contribution is -2.43. The Morgan fingerprint density at radius 1 is 1.13 bits per heavy atom. The summed E-state index contributed by atoms with van der Waals surface area (Å²) in [7, 11) is 0. The highest BCUT2D eigenvalue weighted by Crippen LogP contribution is 2.29. The Hall–Kier alpha value is -1.10. The molecule has 1 fully saturated rings. The number of amides is 2. The molecule has 0 aromatic rings. The molecule has 134 valence electrons. The summed E-state index contributed by atoms with van der Waals surface area (Å²) >= 11 is 0. The molecule has 0 radical (unpaired) electrons. The molecule has 0 aromatic heterocycles. The SMILES string of the molecule is CC(C)OCCCNC(=O)CCC(=O)N[C@H]1CCC[C@H](C)[C@H]1C. The van der Waals surface area contributed by atoms with E-state index < -0.39 is 0 Å². The molecule has 2 N–H and O–H groups in total. The van der Waals surface area contributed by atoms with Crippen LogP contribution in [0.1, 0.15) is 66.2 Å². The van der Waals surface area contributed by atoms with Gasteiger partial charge in [0.1, 0.15) is 0 Å². The fourth-order valence-electron chi connectivity index (χ4n) is 3.00. The second-order valence-corrected chi connectivity index (χ2v) is 7.06. The molecular formula is C18H34N2O3. The van der Waals surface area contributed by atoms with E-state index in [0.29, 0.717) is 25.0 Å². The maximum atomic E-state index is 12.0. The third kappa shape index (κ3) is 8.35. The van der Waals surface area contributed by atoms with E-state index in [4.69, 9.17) is 4.74 Å². The Morgan fingerprint density at radius 3 is 2.52 bits per heavy atom. The fraction of sp³-hybridized carbons (Fsp3) is 0.889. The van der Waals surface area contributed by atoms with Crippen molar-refractivity contribution >= 4 is 11.8 Å². The third-order valence-electron chi connectivity index (χ3n) is 4.73. The van der Waals surface area contributed by atoms with Gasteiger partial charge in [0, 0.05) is 32.0 Å². The standard InChI is InChI=1S/C18H34N2O3/c1-13(2)23-12-6-11-19-17(21)9-10-18(22)20-16-8-5-7-14(3)15(16)4/h13-16H,5-12H2,1-4H3,(H,19,21)(H,20,22)/t14-,15+,16-/m0/s1. The molecule has 0 heterocycles. The van der Waals surface area contributed by atoms with Gasteiger partial charge in [-0.15, -0.1) is 0 Å². The minimum atomic E-state index is -0.0604. The summed E-state index contributed by atoms with van der Waals surface area (Å²) in [5.74, 6) is 1.11. The van der Waals surface area contributed by atoms with Gasteiger partial charge in [0.25, 0.3) is 0 Å². The van der Waals surface area contributed by atoms with Crippen molar-refractivity contribution in [3.05, 3.63) is 0 Å². The van der Waals surface area contributed by atoms with Crippen LogP contribution in [-0.2, 0) is 14.3 Å². The highest BCUT2D eigenvalue weighted by Gasteiger charge is 2.27. The van der Waals surface area contributed by atoms with E-state index in [1.165, 1.54) is 12.8 Å². The van der Waals surface area contributed by atoms with Gasteiger partial charge in [-0.3, -0.25) is 9.59 Å². The van der Waals surface area contributed by atoms with Crippen molar-refractivity contribution in [2.75, 3.05) is 13.2 Å². The highest BCUT2D eigenvalue weighted by atomic mass is 16.5. The molecule has 0 aromatic carbocycles. The van der Waals surface area contributed by atoms with Gasteiger partial charge in [0.05, 0.1) is 6.10 Å². The molecule has 5 nitrogen and oxygen atoms in total. The van der Waals surface area contributed by atoms with Crippen molar-refractivity contribution in [1.29, 1.82) is 0 Å². The van der Waals surface area contributed by atoms with Crippen LogP contribution in [0.5, 0.6) is 0 Å². The van der Waals surface area contributed by atoms with E-state index in [1.54, 1.807) is 0 Å². The summed E-state index contributed by atoms with van der Waals surface area (Å²) in [6.45, 7) is 9.69. The summed E-state index contributed by atoms with van der Waals surface area (Å²) in [6, 6.07) is 0.266. The molecule has 1 aliphatic rings. The number of nitrogens with one attached hydrogen (secondary N) is 2. The van der Waals surface area contributed by atoms with Crippen molar-refractivity contribution in [3.8, 4) is 0 Å². The second-order valence-electron chi connectivity index (χ2n) is 7.06. The minimum Gasteiger partial charge on any atom is -0.379 e. The molecule has 5 heteroatoms. The van der Waals surface area contributed by atoms with Gasteiger partial charge in [-0.2, -0.15) is 0 Å². The Labute approximate surface area is 140 Å². The van der Waals surface area contributed by atoms with E-state index in [9.17, 15) is 9.59 Å². The van der Waals surface area contributed by atoms with Crippen molar-refractivity contribution in [3.63, 3.8) is 0 Å². The second kappa shape index (κ2) is 10.6. The first-order valence-electron chi connectivity index (χ1n) is 9.07. The third-order valence-corrected chi connectivity index (χ3v) is 4.73. The highest BCUT2D eigenvalue weighted by molar-refractivity contribution is 5.83. The van der Waals surface area contributed by atoms with Crippen LogP contribution in [0.2, 0.25) is 0 Å². The van der Waals surface area contributed by atoms with Gasteiger partial charge in [0.2, 0.25) is 11.8 Å². The number of hydrogen-bond acceptors (Lipinski definition) is 3. The van der Waals surface area contributed by atoms with Crippen molar-refractivity contribution in [2.24, 2.45) is 11.8 Å². The van der Waals surface area contributed by atoms with Gasteiger partial charge >= 0.3 is 0 Å². The largest absolute Gasteiger partial charge is 0.379 e. The van der Waals surface area contributed by atoms with Crippen LogP contribution < -0.4 is 10.6 Å². The Kier molecular flexibility index (Phi) is 9.22. The number of ether oxygens (including phenoxy) is 1. The Bertz CT molecular complexity index is 371. The molecule has 0 aliphatic heterocycles. The molecule has 1 saturated carbocycles. The minimum absolute atomic E-state index is 0.00533. The van der Waals surface area contributed by atoms with Gasteiger partial charge in [-0.25, -0.2) is 0 Å². The average molecular weight is 326 g/mol. The van der Waals surface area contributed by atoms with E-state index in [0.717, 1.165) is 12.8 Å². The molecule has 3 atom stereocenters. The smallest absolute Gasteiger partial charge is 0.220 e. The van der Waals surface area contributed by atoms with Gasteiger partial charge in [-0.1, -0.05) is 26.7 Å². The summed E-state index contributed by atoms with van der Waals surface area (Å²) in [6.07, 6.45) is 5.03. The fourth-order valence-corrected chi connectivity index (χ4v) is 3.00. The van der Waals surface area contributed by atoms with Crippen molar-refractivity contribution in [2.45, 2.75) is 78.4 Å². The van der Waals surface area contributed by atoms with Gasteiger partial charge < -0.3 is 15.4 Å². The molecule has 1 rings (SSSR count). The summed E-state index contributed by atoms with van der Waals surface area (Å²) in [4.78, 5) is 23.7. The van der Waals surface area contributed by atoms with Crippen molar-refractivity contribution < 1.29 is 14.3 Å². The normalized spacial score (nSPS) is 24.5. The number of carbonyl (C=O) groups excluding carboxylic acids is 2. The molecule has 2 amide bonds. The molecule has 0 spiro atoms. The topological polar surface area (TPSA) is 67.4 Å². The zero-order valence-corrected chi connectivity index (χ0v) is 15.2. The van der Waals surface area contributed by atoms with Crippen LogP contribution in [-0.4, -0.2) is 37.1 Å². The van der Waals surface area contributed by atoms with Crippen molar-refractivity contribution in [1.82, 2.24) is 10.6 Å². The molecule has 0 saturated heterocycles. The van der Waals surface area contributed by atoms with Crippen LogP contribution in [0.15, 0.2) is 0 Å². The number of rotatable bonds is 9. The van der Waals surface area contributed by atoms with E-state index in [-0.39, 0.29) is 36.8 Å². The zero-order chi connectivity index (χ0) is 17.2. The van der Waals surface area contributed by atoms with Gasteiger partial charge in [-0.05, 0) is 38.5 Å². The molecular weight excluding hydrogens is 292 g/mol. The lowest BCUT2D eigenvalue weighted by molar-refractivity contribution is -0.127. The zero-order valence-electron chi connectivity index (χ0n) is 15.2. The molecule has 0 unspecified atom stereocenters. The lowest BCUT2D eigenvalue weighted by Gasteiger charge is -2.34. The van der Waals surface area contributed by atoms with E-state index in [1.807, 2.05) is 13.8 Å². The molecule has 1 aliphatic carbocycles. The molecule has 23 heavy (non-hydrogen) atoms. The van der Waals surface area contributed by atoms with Crippen LogP contribution >= 0.6 is 0 Å². The maximum Gasteiger partial charge on any atom is 0.220 e. The van der Waals surface area contributed by atoms with Crippen LogP contribution in [0.4, 0.5) is 0 Å². The number of hydrogen-bond donors (Lipinski definition) is 2. The first kappa shape index (κ1) is 19.9.